The largest absolute Gasteiger partial charge is 0.481 e. The summed E-state index contributed by atoms with van der Waals surface area (Å²) in [6.45, 7) is 6.01. The first-order valence-electron chi connectivity index (χ1n) is 6.40. The molecule has 4 nitrogen and oxygen atoms in total. The normalized spacial score (nSPS) is 12.3. The summed E-state index contributed by atoms with van der Waals surface area (Å²) in [5.41, 5.74) is 6.40. The lowest BCUT2D eigenvalue weighted by Gasteiger charge is -2.19. The molecule has 0 saturated carbocycles. The Balaban J connectivity index is 2.81. The van der Waals surface area contributed by atoms with Crippen LogP contribution in [0.3, 0.4) is 0 Å². The number of nitrogens with two attached hydrogens (primary N) is 1. The summed E-state index contributed by atoms with van der Waals surface area (Å²) in [6.07, 6.45) is 0.0467. The first kappa shape index (κ1) is 15.8. The second kappa shape index (κ2) is 7.36. The Bertz CT molecular complexity index is 435. The molecule has 5 heteroatoms. The number of amides is 1. The fourth-order valence-electron chi connectivity index (χ4n) is 1.68. The quantitative estimate of drug-likeness (QED) is 0.841. The van der Waals surface area contributed by atoms with Gasteiger partial charge in [0.15, 0.2) is 6.10 Å². The molecule has 0 aliphatic heterocycles. The Hall–Kier alpha value is -1.26. The molecule has 3 N–H and O–H groups in total. The van der Waals surface area contributed by atoms with E-state index in [0.717, 1.165) is 5.56 Å². The molecule has 1 aromatic carbocycles. The van der Waals surface area contributed by atoms with E-state index < -0.39 is 6.10 Å². The molecule has 1 amide bonds. The molecule has 0 aliphatic rings. The molecule has 0 spiro atoms. The lowest BCUT2D eigenvalue weighted by molar-refractivity contribution is -0.127. The van der Waals surface area contributed by atoms with E-state index in [9.17, 15) is 4.79 Å². The zero-order chi connectivity index (χ0) is 14.4. The summed E-state index contributed by atoms with van der Waals surface area (Å²) in [4.78, 5) is 11.8. The van der Waals surface area contributed by atoms with Crippen molar-refractivity contribution in [1.29, 1.82) is 0 Å². The molecule has 0 radical (unpaired) electrons. The van der Waals surface area contributed by atoms with E-state index in [-0.39, 0.29) is 11.9 Å². The van der Waals surface area contributed by atoms with Gasteiger partial charge in [-0.05, 0) is 45.9 Å². The highest BCUT2D eigenvalue weighted by Gasteiger charge is 2.17. The van der Waals surface area contributed by atoms with Crippen LogP contribution in [0.5, 0.6) is 5.75 Å². The van der Waals surface area contributed by atoms with Gasteiger partial charge in [0.2, 0.25) is 0 Å². The molecule has 0 saturated heterocycles. The summed E-state index contributed by atoms with van der Waals surface area (Å²) in [5.74, 6) is 0.470. The van der Waals surface area contributed by atoms with Crippen molar-refractivity contribution in [2.45, 2.75) is 39.3 Å². The maximum absolute atomic E-state index is 11.8. The summed E-state index contributed by atoms with van der Waals surface area (Å²) in [5, 5.41) is 3.42. The van der Waals surface area contributed by atoms with Gasteiger partial charge in [-0.1, -0.05) is 17.7 Å². The topological polar surface area (TPSA) is 64.3 Å². The first-order chi connectivity index (χ1) is 8.95. The average Bonchev–Trinajstić information content (AvgIpc) is 2.32. The smallest absolute Gasteiger partial charge is 0.260 e. The van der Waals surface area contributed by atoms with Gasteiger partial charge in [0, 0.05) is 16.6 Å². The number of benzene rings is 1. The highest BCUT2D eigenvalue weighted by Crippen LogP contribution is 2.27. The van der Waals surface area contributed by atoms with Crippen molar-refractivity contribution in [3.63, 3.8) is 0 Å². The van der Waals surface area contributed by atoms with Crippen LogP contribution in [0.25, 0.3) is 0 Å². The Morgan fingerprint density at radius 2 is 2.11 bits per heavy atom. The second-order valence-electron chi connectivity index (χ2n) is 4.68. The summed E-state index contributed by atoms with van der Waals surface area (Å²) in [6, 6.07) is 5.47. The van der Waals surface area contributed by atoms with E-state index in [0.29, 0.717) is 23.7 Å². The van der Waals surface area contributed by atoms with Crippen LogP contribution in [0.4, 0.5) is 0 Å². The van der Waals surface area contributed by atoms with Crippen molar-refractivity contribution in [1.82, 2.24) is 5.32 Å². The van der Waals surface area contributed by atoms with Crippen LogP contribution in [-0.2, 0) is 11.2 Å². The molecule has 0 fully saturated rings. The zero-order valence-electron chi connectivity index (χ0n) is 11.6. The first-order valence-corrected chi connectivity index (χ1v) is 6.78. The summed E-state index contributed by atoms with van der Waals surface area (Å²) >= 11 is 6.12. The molecular formula is C14H21ClN2O2. The molecule has 1 atom stereocenters. The van der Waals surface area contributed by atoms with Crippen molar-refractivity contribution in [2.75, 3.05) is 6.54 Å². The molecule has 1 rings (SSSR count). The highest BCUT2D eigenvalue weighted by molar-refractivity contribution is 6.31. The van der Waals surface area contributed by atoms with Crippen LogP contribution in [0, 0.1) is 0 Å². The standard InChI is InChI=1S/C14H21ClN2O2/c1-9(2)17-14(18)10(3)19-13-6-4-5-12(15)11(13)7-8-16/h4-6,9-10H,7-8,16H2,1-3H3,(H,17,18). The van der Waals surface area contributed by atoms with Crippen molar-refractivity contribution >= 4 is 17.5 Å². The summed E-state index contributed by atoms with van der Waals surface area (Å²) in [7, 11) is 0. The Morgan fingerprint density at radius 1 is 1.42 bits per heavy atom. The third-order valence-electron chi connectivity index (χ3n) is 2.57. The molecule has 0 heterocycles. The highest BCUT2D eigenvalue weighted by atomic mass is 35.5. The molecular weight excluding hydrogens is 264 g/mol. The van der Waals surface area contributed by atoms with E-state index in [1.165, 1.54) is 0 Å². The number of hydrogen-bond acceptors (Lipinski definition) is 3. The second-order valence-corrected chi connectivity index (χ2v) is 5.09. The Morgan fingerprint density at radius 3 is 2.68 bits per heavy atom. The van der Waals surface area contributed by atoms with Crippen molar-refractivity contribution in [3.8, 4) is 5.75 Å². The van der Waals surface area contributed by atoms with Crippen LogP contribution in [-0.4, -0.2) is 24.6 Å². The predicted molar refractivity (Wildman–Crippen MR) is 77.6 cm³/mol. The number of hydrogen-bond donors (Lipinski definition) is 2. The Labute approximate surface area is 119 Å². The van der Waals surface area contributed by atoms with E-state index in [1.807, 2.05) is 13.8 Å². The van der Waals surface area contributed by atoms with Crippen LogP contribution < -0.4 is 15.8 Å². The predicted octanol–water partition coefficient (Wildman–Crippen LogP) is 2.13. The van der Waals surface area contributed by atoms with Crippen molar-refractivity contribution < 1.29 is 9.53 Å². The van der Waals surface area contributed by atoms with E-state index in [1.54, 1.807) is 25.1 Å². The summed E-state index contributed by atoms with van der Waals surface area (Å²) < 4.78 is 5.69. The lowest BCUT2D eigenvalue weighted by atomic mass is 10.1. The number of nitrogens with one attached hydrogen (secondary N) is 1. The van der Waals surface area contributed by atoms with Gasteiger partial charge < -0.3 is 15.8 Å². The van der Waals surface area contributed by atoms with Gasteiger partial charge in [-0.3, -0.25) is 4.79 Å². The number of carbonyl (C=O) groups is 1. The third-order valence-corrected chi connectivity index (χ3v) is 2.93. The average molecular weight is 285 g/mol. The van der Waals surface area contributed by atoms with Crippen LogP contribution >= 0.6 is 11.6 Å². The maximum atomic E-state index is 11.8. The molecule has 1 aromatic rings. The van der Waals surface area contributed by atoms with Crippen molar-refractivity contribution in [2.24, 2.45) is 5.73 Å². The minimum Gasteiger partial charge on any atom is -0.481 e. The van der Waals surface area contributed by atoms with Gasteiger partial charge >= 0.3 is 0 Å². The van der Waals surface area contributed by atoms with Crippen LogP contribution in [0.2, 0.25) is 5.02 Å². The van der Waals surface area contributed by atoms with Crippen molar-refractivity contribution in [3.05, 3.63) is 28.8 Å². The maximum Gasteiger partial charge on any atom is 0.260 e. The van der Waals surface area contributed by atoms with Gasteiger partial charge in [-0.15, -0.1) is 0 Å². The van der Waals surface area contributed by atoms with Crippen LogP contribution in [0.1, 0.15) is 26.3 Å². The molecule has 0 aliphatic carbocycles. The third kappa shape index (κ3) is 4.73. The fourth-order valence-corrected chi connectivity index (χ4v) is 1.94. The molecule has 106 valence electrons. The Kier molecular flexibility index (Phi) is 6.12. The number of ether oxygens (including phenoxy) is 1. The monoisotopic (exact) mass is 284 g/mol. The van der Waals surface area contributed by atoms with Gasteiger partial charge in [-0.2, -0.15) is 0 Å². The number of rotatable bonds is 6. The zero-order valence-corrected chi connectivity index (χ0v) is 12.3. The fraction of sp³-hybridized carbons (Fsp3) is 0.500. The number of carbonyl (C=O) groups excluding carboxylic acids is 1. The van der Waals surface area contributed by atoms with E-state index in [4.69, 9.17) is 22.1 Å². The molecule has 0 bridgehead atoms. The lowest BCUT2D eigenvalue weighted by Crippen LogP contribution is -2.40. The van der Waals surface area contributed by atoms with Gasteiger partial charge in [0.25, 0.3) is 5.91 Å². The van der Waals surface area contributed by atoms with E-state index in [2.05, 4.69) is 5.32 Å². The molecule has 19 heavy (non-hydrogen) atoms. The van der Waals surface area contributed by atoms with E-state index >= 15 is 0 Å². The van der Waals surface area contributed by atoms with Gasteiger partial charge in [0.05, 0.1) is 0 Å². The number of halogens is 1. The molecule has 0 aromatic heterocycles. The minimum absolute atomic E-state index is 0.0847. The van der Waals surface area contributed by atoms with Crippen LogP contribution in [0.15, 0.2) is 18.2 Å². The van der Waals surface area contributed by atoms with Gasteiger partial charge in [-0.25, -0.2) is 0 Å². The molecule has 1 unspecified atom stereocenters. The minimum atomic E-state index is -0.572. The SMILES string of the molecule is CC(C)NC(=O)C(C)Oc1cccc(Cl)c1CCN. The van der Waals surface area contributed by atoms with Gasteiger partial charge in [0.1, 0.15) is 5.75 Å².